The Balaban J connectivity index is 1.35. The van der Waals surface area contributed by atoms with Crippen molar-refractivity contribution in [1.82, 2.24) is 9.88 Å². The molecule has 0 aliphatic carbocycles. The Morgan fingerprint density at radius 3 is 2.78 bits per heavy atom. The van der Waals surface area contributed by atoms with Gasteiger partial charge in [0.15, 0.2) is 5.82 Å². The minimum atomic E-state index is -0.229. The van der Waals surface area contributed by atoms with Crippen LogP contribution in [0.1, 0.15) is 42.5 Å². The average Bonchev–Trinajstić information content (AvgIpc) is 3.07. The van der Waals surface area contributed by atoms with Gasteiger partial charge in [0, 0.05) is 49.6 Å². The number of anilines is 2. The van der Waals surface area contributed by atoms with Gasteiger partial charge in [0.25, 0.3) is 5.91 Å². The second-order valence-corrected chi connectivity index (χ2v) is 9.44. The third-order valence-corrected chi connectivity index (χ3v) is 6.66. The molecule has 32 heavy (non-hydrogen) atoms. The summed E-state index contributed by atoms with van der Waals surface area (Å²) in [5, 5.41) is 3.99. The Morgan fingerprint density at radius 1 is 1.12 bits per heavy atom. The van der Waals surface area contributed by atoms with Gasteiger partial charge in [-0.1, -0.05) is 29.3 Å². The van der Waals surface area contributed by atoms with Crippen molar-refractivity contribution < 1.29 is 9.53 Å². The predicted molar refractivity (Wildman–Crippen MR) is 130 cm³/mol. The fourth-order valence-corrected chi connectivity index (χ4v) is 4.72. The zero-order valence-electron chi connectivity index (χ0n) is 18.2. The van der Waals surface area contributed by atoms with Crippen molar-refractivity contribution in [1.29, 1.82) is 0 Å². The number of nitrogens with one attached hydrogen (secondary N) is 1. The third-order valence-electron chi connectivity index (χ3n) is 6.22. The van der Waals surface area contributed by atoms with Crippen LogP contribution in [0, 0.1) is 5.92 Å². The molecule has 4 rings (SSSR count). The first-order valence-electron chi connectivity index (χ1n) is 11.4. The van der Waals surface area contributed by atoms with Crippen molar-refractivity contribution in [2.45, 2.75) is 32.1 Å². The lowest BCUT2D eigenvalue weighted by molar-refractivity contribution is 0.0462. The largest absolute Gasteiger partial charge is 0.366 e. The lowest BCUT2D eigenvalue weighted by Gasteiger charge is -2.34. The summed E-state index contributed by atoms with van der Waals surface area (Å²) in [6, 6.07) is 8.65. The summed E-state index contributed by atoms with van der Waals surface area (Å²) in [4.78, 5) is 22.0. The predicted octanol–water partition coefficient (Wildman–Crippen LogP) is 5.32. The van der Waals surface area contributed by atoms with Gasteiger partial charge in [-0.25, -0.2) is 4.98 Å². The summed E-state index contributed by atoms with van der Waals surface area (Å²) in [6.45, 7) is 5.72. The summed E-state index contributed by atoms with van der Waals surface area (Å²) in [5.41, 5.74) is 1.13. The standard InChI is InChI=1S/C24H30Cl2N4O2/c25-20-5-3-4-19(14-20)24(31)28-22-15-21(26)16-27-23(22)30-11-7-18(8-12-30)6-10-29-9-1-2-13-32-17-29/h3-5,14-16,18H,1-2,6-13,17H2,(H,28,31). The molecule has 2 saturated heterocycles. The normalized spacial score (nSPS) is 18.4. The van der Waals surface area contributed by atoms with Crippen molar-refractivity contribution in [3.05, 3.63) is 52.1 Å². The highest BCUT2D eigenvalue weighted by Crippen LogP contribution is 2.31. The van der Waals surface area contributed by atoms with Crippen LogP contribution in [0.2, 0.25) is 10.0 Å². The van der Waals surface area contributed by atoms with E-state index in [1.807, 2.05) is 0 Å². The average molecular weight is 477 g/mol. The lowest BCUT2D eigenvalue weighted by atomic mass is 9.93. The van der Waals surface area contributed by atoms with Crippen molar-refractivity contribution >= 4 is 40.6 Å². The highest BCUT2D eigenvalue weighted by Gasteiger charge is 2.24. The van der Waals surface area contributed by atoms with E-state index in [2.05, 4.69) is 20.1 Å². The maximum atomic E-state index is 12.8. The zero-order valence-corrected chi connectivity index (χ0v) is 19.7. The van der Waals surface area contributed by atoms with E-state index in [4.69, 9.17) is 27.9 Å². The first-order valence-corrected chi connectivity index (χ1v) is 12.1. The molecule has 2 aromatic rings. The van der Waals surface area contributed by atoms with Crippen LogP contribution in [-0.4, -0.2) is 55.3 Å². The molecule has 1 N–H and O–H groups in total. The van der Waals surface area contributed by atoms with Gasteiger partial charge in [0.1, 0.15) is 0 Å². The number of hydrogen-bond donors (Lipinski definition) is 1. The van der Waals surface area contributed by atoms with E-state index in [9.17, 15) is 4.79 Å². The van der Waals surface area contributed by atoms with E-state index in [0.29, 0.717) is 27.2 Å². The molecule has 0 radical (unpaired) electrons. The number of aromatic nitrogens is 1. The second-order valence-electron chi connectivity index (χ2n) is 8.57. The maximum absolute atomic E-state index is 12.8. The molecule has 2 aliphatic rings. The van der Waals surface area contributed by atoms with Crippen LogP contribution in [-0.2, 0) is 4.74 Å². The number of pyridine rings is 1. The lowest BCUT2D eigenvalue weighted by Crippen LogP contribution is -2.36. The molecule has 1 amide bonds. The molecule has 0 bridgehead atoms. The number of piperidine rings is 1. The van der Waals surface area contributed by atoms with Crippen molar-refractivity contribution in [2.75, 3.05) is 49.7 Å². The van der Waals surface area contributed by atoms with E-state index < -0.39 is 0 Å². The monoisotopic (exact) mass is 476 g/mol. The third kappa shape index (κ3) is 6.35. The summed E-state index contributed by atoms with van der Waals surface area (Å²) in [5.74, 6) is 1.24. The number of carbonyl (C=O) groups excluding carboxylic acids is 1. The van der Waals surface area contributed by atoms with E-state index in [-0.39, 0.29) is 5.91 Å². The SMILES string of the molecule is O=C(Nc1cc(Cl)cnc1N1CCC(CCN2CCCCOC2)CC1)c1cccc(Cl)c1. The first-order chi connectivity index (χ1) is 15.6. The van der Waals surface area contributed by atoms with Gasteiger partial charge in [0.2, 0.25) is 0 Å². The Bertz CT molecular complexity index is 911. The van der Waals surface area contributed by atoms with Crippen LogP contribution in [0.5, 0.6) is 0 Å². The number of nitrogens with zero attached hydrogens (tertiary/aromatic N) is 3. The number of carbonyl (C=O) groups is 1. The van der Waals surface area contributed by atoms with Crippen molar-refractivity contribution in [2.24, 2.45) is 5.92 Å². The van der Waals surface area contributed by atoms with Crippen LogP contribution in [0.3, 0.4) is 0 Å². The Morgan fingerprint density at radius 2 is 1.97 bits per heavy atom. The van der Waals surface area contributed by atoms with Crippen molar-refractivity contribution in [3.63, 3.8) is 0 Å². The molecule has 1 aromatic carbocycles. The van der Waals surface area contributed by atoms with E-state index in [1.54, 1.807) is 36.5 Å². The molecule has 2 aliphatic heterocycles. The second kappa shape index (κ2) is 11.3. The molecule has 0 spiro atoms. The van der Waals surface area contributed by atoms with E-state index >= 15 is 0 Å². The Hall–Kier alpha value is -1.86. The van der Waals surface area contributed by atoms with Crippen LogP contribution < -0.4 is 10.2 Å². The van der Waals surface area contributed by atoms with Crippen LogP contribution in [0.25, 0.3) is 0 Å². The molecule has 172 valence electrons. The molecule has 0 saturated carbocycles. The van der Waals surface area contributed by atoms with Gasteiger partial charge >= 0.3 is 0 Å². The van der Waals surface area contributed by atoms with Crippen LogP contribution >= 0.6 is 23.2 Å². The fourth-order valence-electron chi connectivity index (χ4n) is 4.37. The van der Waals surface area contributed by atoms with Crippen LogP contribution in [0.15, 0.2) is 36.5 Å². The minimum absolute atomic E-state index is 0.229. The number of halogens is 2. The number of ether oxygens (including phenoxy) is 1. The summed E-state index contributed by atoms with van der Waals surface area (Å²) in [6.07, 6.45) is 7.45. The maximum Gasteiger partial charge on any atom is 0.255 e. The molecule has 6 nitrogen and oxygen atoms in total. The Labute approximate surface area is 199 Å². The molecule has 8 heteroatoms. The fraction of sp³-hybridized carbons (Fsp3) is 0.500. The molecular weight excluding hydrogens is 447 g/mol. The number of rotatable bonds is 6. The van der Waals surface area contributed by atoms with Crippen molar-refractivity contribution in [3.8, 4) is 0 Å². The first kappa shape index (κ1) is 23.3. The van der Waals surface area contributed by atoms with E-state index in [1.165, 1.54) is 19.3 Å². The van der Waals surface area contributed by atoms with Crippen LogP contribution in [0.4, 0.5) is 11.5 Å². The summed E-state index contributed by atoms with van der Waals surface area (Å²) in [7, 11) is 0. The quantitative estimate of drug-likeness (QED) is 0.611. The van der Waals surface area contributed by atoms with Gasteiger partial charge in [0.05, 0.1) is 17.4 Å². The summed E-state index contributed by atoms with van der Waals surface area (Å²) < 4.78 is 5.67. The van der Waals surface area contributed by atoms with Gasteiger partial charge in [-0.3, -0.25) is 9.69 Å². The minimum Gasteiger partial charge on any atom is -0.366 e. The topological polar surface area (TPSA) is 57.7 Å². The highest BCUT2D eigenvalue weighted by atomic mass is 35.5. The molecular formula is C24H30Cl2N4O2. The smallest absolute Gasteiger partial charge is 0.255 e. The zero-order chi connectivity index (χ0) is 22.3. The number of hydrogen-bond acceptors (Lipinski definition) is 5. The molecule has 1 aromatic heterocycles. The van der Waals surface area contributed by atoms with E-state index in [0.717, 1.165) is 58.2 Å². The van der Waals surface area contributed by atoms with Gasteiger partial charge in [-0.2, -0.15) is 0 Å². The number of amides is 1. The molecule has 3 heterocycles. The van der Waals surface area contributed by atoms with Gasteiger partial charge < -0.3 is 15.0 Å². The van der Waals surface area contributed by atoms with Gasteiger partial charge in [-0.15, -0.1) is 0 Å². The molecule has 0 atom stereocenters. The van der Waals surface area contributed by atoms with Gasteiger partial charge in [-0.05, 0) is 62.3 Å². The molecule has 0 unspecified atom stereocenters. The highest BCUT2D eigenvalue weighted by molar-refractivity contribution is 6.31. The number of benzene rings is 1. The summed E-state index contributed by atoms with van der Waals surface area (Å²) >= 11 is 12.2. The Kier molecular flexibility index (Phi) is 8.25. The molecule has 2 fully saturated rings.